The molecule has 1 atom stereocenters. The van der Waals surface area contributed by atoms with E-state index in [1.165, 1.54) is 0 Å². The Labute approximate surface area is 103 Å². The van der Waals surface area contributed by atoms with Crippen LogP contribution in [0.4, 0.5) is 13.2 Å². The highest BCUT2D eigenvalue weighted by Gasteiger charge is 2.18. The van der Waals surface area contributed by atoms with Gasteiger partial charge in [-0.1, -0.05) is 24.3 Å². The third kappa shape index (κ3) is 2.24. The number of hydrogen-bond acceptors (Lipinski definition) is 1. The summed E-state index contributed by atoms with van der Waals surface area (Å²) in [6.45, 7) is 1.83. The van der Waals surface area contributed by atoms with Gasteiger partial charge in [0.25, 0.3) is 0 Å². The summed E-state index contributed by atoms with van der Waals surface area (Å²) in [7, 11) is 0. The lowest BCUT2D eigenvalue weighted by atomic mass is 9.95. The fourth-order valence-corrected chi connectivity index (χ4v) is 1.88. The summed E-state index contributed by atoms with van der Waals surface area (Å²) in [6, 6.07) is 7.66. The first-order valence-electron chi connectivity index (χ1n) is 5.46. The van der Waals surface area contributed by atoms with Gasteiger partial charge in [-0.3, -0.25) is 0 Å². The molecule has 0 aromatic heterocycles. The van der Waals surface area contributed by atoms with E-state index in [-0.39, 0.29) is 5.56 Å². The van der Waals surface area contributed by atoms with Crippen LogP contribution in [0, 0.1) is 24.4 Å². The fraction of sp³-hybridized carbons (Fsp3) is 0.143. The van der Waals surface area contributed by atoms with Crippen molar-refractivity contribution in [2.75, 3.05) is 0 Å². The maximum atomic E-state index is 13.6. The molecule has 0 spiro atoms. The van der Waals surface area contributed by atoms with Crippen LogP contribution in [-0.2, 0) is 0 Å². The highest BCUT2D eigenvalue weighted by molar-refractivity contribution is 5.37. The normalized spacial score (nSPS) is 12.5. The molecule has 0 amide bonds. The van der Waals surface area contributed by atoms with E-state index in [0.717, 1.165) is 11.6 Å². The summed E-state index contributed by atoms with van der Waals surface area (Å²) in [6.07, 6.45) is 0. The molecule has 18 heavy (non-hydrogen) atoms. The minimum atomic E-state index is -1.21. The Bertz CT molecular complexity index is 581. The predicted octanol–water partition coefficient (Wildman–Crippen LogP) is 3.46. The molecule has 0 aliphatic carbocycles. The predicted molar refractivity (Wildman–Crippen MR) is 63.5 cm³/mol. The minimum Gasteiger partial charge on any atom is -0.320 e. The Hall–Kier alpha value is -1.81. The quantitative estimate of drug-likeness (QED) is 0.813. The van der Waals surface area contributed by atoms with E-state index in [1.54, 1.807) is 12.1 Å². The first-order chi connectivity index (χ1) is 8.50. The Kier molecular flexibility index (Phi) is 3.39. The molecule has 2 aromatic rings. The van der Waals surface area contributed by atoms with Gasteiger partial charge in [-0.05, 0) is 24.1 Å². The lowest BCUT2D eigenvalue weighted by molar-refractivity contribution is 0.487. The number of aryl methyl sites for hydroxylation is 1. The van der Waals surface area contributed by atoms with E-state index >= 15 is 0 Å². The number of rotatable bonds is 2. The Balaban J connectivity index is 2.50. The average Bonchev–Trinajstić information content (AvgIpc) is 2.33. The van der Waals surface area contributed by atoms with Crippen molar-refractivity contribution >= 4 is 0 Å². The molecule has 0 saturated heterocycles. The second-order valence-electron chi connectivity index (χ2n) is 4.12. The van der Waals surface area contributed by atoms with Gasteiger partial charge < -0.3 is 5.73 Å². The molecule has 94 valence electrons. The van der Waals surface area contributed by atoms with Gasteiger partial charge in [-0.2, -0.15) is 0 Å². The highest BCUT2D eigenvalue weighted by Crippen LogP contribution is 2.26. The summed E-state index contributed by atoms with van der Waals surface area (Å²) >= 11 is 0. The molecule has 2 rings (SSSR count). The van der Waals surface area contributed by atoms with Crippen LogP contribution in [0.2, 0.25) is 0 Å². The first-order valence-corrected chi connectivity index (χ1v) is 5.46. The van der Waals surface area contributed by atoms with E-state index in [1.807, 2.05) is 19.1 Å². The second kappa shape index (κ2) is 4.82. The zero-order valence-electron chi connectivity index (χ0n) is 9.75. The van der Waals surface area contributed by atoms with Crippen molar-refractivity contribution in [2.24, 2.45) is 5.73 Å². The van der Waals surface area contributed by atoms with Crippen molar-refractivity contribution < 1.29 is 13.2 Å². The van der Waals surface area contributed by atoms with E-state index < -0.39 is 23.5 Å². The van der Waals surface area contributed by atoms with Crippen LogP contribution in [0.5, 0.6) is 0 Å². The number of halogens is 3. The lowest BCUT2D eigenvalue weighted by Gasteiger charge is -2.16. The summed E-state index contributed by atoms with van der Waals surface area (Å²) in [5.74, 6) is -3.16. The SMILES string of the molecule is Cc1ccccc1C(N)c1cc(F)c(F)cc1F. The van der Waals surface area contributed by atoms with Gasteiger partial charge in [0.05, 0.1) is 6.04 Å². The van der Waals surface area contributed by atoms with Gasteiger partial charge in [0.2, 0.25) is 0 Å². The number of benzene rings is 2. The third-order valence-electron chi connectivity index (χ3n) is 2.90. The molecule has 0 aliphatic heterocycles. The zero-order chi connectivity index (χ0) is 13.3. The van der Waals surface area contributed by atoms with Crippen molar-refractivity contribution in [2.45, 2.75) is 13.0 Å². The molecule has 0 bridgehead atoms. The van der Waals surface area contributed by atoms with Gasteiger partial charge in [-0.15, -0.1) is 0 Å². The molecular formula is C14H12F3N. The molecule has 0 radical (unpaired) electrons. The second-order valence-corrected chi connectivity index (χ2v) is 4.12. The molecule has 0 heterocycles. The van der Waals surface area contributed by atoms with Crippen molar-refractivity contribution in [3.8, 4) is 0 Å². The highest BCUT2D eigenvalue weighted by atomic mass is 19.2. The maximum Gasteiger partial charge on any atom is 0.161 e. The standard InChI is InChI=1S/C14H12F3N/c1-8-4-2-3-5-9(8)14(18)10-6-12(16)13(17)7-11(10)15/h2-7,14H,18H2,1H3. The van der Waals surface area contributed by atoms with Crippen LogP contribution in [0.1, 0.15) is 22.7 Å². The third-order valence-corrected chi connectivity index (χ3v) is 2.90. The molecule has 0 saturated carbocycles. The Morgan fingerprint density at radius 2 is 1.50 bits per heavy atom. The van der Waals surface area contributed by atoms with Crippen LogP contribution in [-0.4, -0.2) is 0 Å². The van der Waals surface area contributed by atoms with E-state index in [2.05, 4.69) is 0 Å². The minimum absolute atomic E-state index is 0.0526. The van der Waals surface area contributed by atoms with Crippen LogP contribution in [0.15, 0.2) is 36.4 Å². The molecule has 1 unspecified atom stereocenters. The maximum absolute atomic E-state index is 13.6. The number of nitrogens with two attached hydrogens (primary N) is 1. The summed E-state index contributed by atoms with van der Waals surface area (Å²) in [5.41, 5.74) is 7.41. The molecule has 1 nitrogen and oxygen atoms in total. The molecule has 4 heteroatoms. The topological polar surface area (TPSA) is 26.0 Å². The van der Waals surface area contributed by atoms with Gasteiger partial charge in [-0.25, -0.2) is 13.2 Å². The molecule has 0 fully saturated rings. The lowest BCUT2D eigenvalue weighted by Crippen LogP contribution is -2.15. The van der Waals surface area contributed by atoms with Crippen molar-refractivity contribution in [1.29, 1.82) is 0 Å². The van der Waals surface area contributed by atoms with Crippen LogP contribution in [0.3, 0.4) is 0 Å². The Morgan fingerprint density at radius 1 is 0.889 bits per heavy atom. The zero-order valence-corrected chi connectivity index (χ0v) is 9.75. The van der Waals surface area contributed by atoms with Crippen molar-refractivity contribution in [1.82, 2.24) is 0 Å². The molecular weight excluding hydrogens is 239 g/mol. The van der Waals surface area contributed by atoms with Gasteiger partial charge >= 0.3 is 0 Å². The van der Waals surface area contributed by atoms with Gasteiger partial charge in [0.1, 0.15) is 5.82 Å². The summed E-state index contributed by atoms with van der Waals surface area (Å²) in [4.78, 5) is 0. The largest absolute Gasteiger partial charge is 0.320 e. The first kappa shape index (κ1) is 12.6. The summed E-state index contributed by atoms with van der Waals surface area (Å²) < 4.78 is 39.6. The van der Waals surface area contributed by atoms with E-state index in [0.29, 0.717) is 11.6 Å². The van der Waals surface area contributed by atoms with Gasteiger partial charge in [0.15, 0.2) is 11.6 Å². The smallest absolute Gasteiger partial charge is 0.161 e. The monoisotopic (exact) mass is 251 g/mol. The average molecular weight is 251 g/mol. The van der Waals surface area contributed by atoms with Crippen LogP contribution >= 0.6 is 0 Å². The fourth-order valence-electron chi connectivity index (χ4n) is 1.88. The van der Waals surface area contributed by atoms with Crippen LogP contribution in [0.25, 0.3) is 0 Å². The van der Waals surface area contributed by atoms with E-state index in [4.69, 9.17) is 5.73 Å². The van der Waals surface area contributed by atoms with Crippen LogP contribution < -0.4 is 5.73 Å². The molecule has 2 aromatic carbocycles. The molecule has 0 aliphatic rings. The van der Waals surface area contributed by atoms with Crippen molar-refractivity contribution in [3.63, 3.8) is 0 Å². The Morgan fingerprint density at radius 3 is 2.17 bits per heavy atom. The summed E-state index contributed by atoms with van der Waals surface area (Å²) in [5, 5.41) is 0. The van der Waals surface area contributed by atoms with Crippen molar-refractivity contribution in [3.05, 3.63) is 70.5 Å². The number of hydrogen-bond donors (Lipinski definition) is 1. The molecule has 2 N–H and O–H groups in total. The van der Waals surface area contributed by atoms with Gasteiger partial charge in [0, 0.05) is 11.6 Å². The van der Waals surface area contributed by atoms with E-state index in [9.17, 15) is 13.2 Å².